The number of fused-ring (bicyclic) bond motifs is 1. The van der Waals surface area contributed by atoms with Crippen LogP contribution in [0.1, 0.15) is 26.6 Å². The Labute approximate surface area is 103 Å². The number of nitrogens with two attached hydrogens (primary N) is 1. The first-order chi connectivity index (χ1) is 8.13. The molecule has 0 radical (unpaired) electrons. The third kappa shape index (κ3) is 2.34. The van der Waals surface area contributed by atoms with Crippen molar-refractivity contribution in [3.63, 3.8) is 0 Å². The third-order valence-corrected chi connectivity index (χ3v) is 3.30. The Morgan fingerprint density at radius 2 is 2.00 bits per heavy atom. The normalized spacial score (nSPS) is 13.5. The summed E-state index contributed by atoms with van der Waals surface area (Å²) in [7, 11) is 0. The molecule has 0 bridgehead atoms. The van der Waals surface area contributed by atoms with Gasteiger partial charge in [-0.3, -0.25) is 0 Å². The molecular weight excluding hydrogens is 210 g/mol. The summed E-state index contributed by atoms with van der Waals surface area (Å²) in [6.07, 6.45) is 0.944. The lowest BCUT2D eigenvalue weighted by molar-refractivity contribution is 0.432. The Hall–Kier alpha value is -1.35. The summed E-state index contributed by atoms with van der Waals surface area (Å²) < 4.78 is 2.26. The molecule has 92 valence electrons. The van der Waals surface area contributed by atoms with Crippen LogP contribution in [0.3, 0.4) is 0 Å². The summed E-state index contributed by atoms with van der Waals surface area (Å²) in [5.41, 5.74) is 8.44. The number of rotatable bonds is 4. The van der Waals surface area contributed by atoms with E-state index in [2.05, 4.69) is 48.5 Å². The van der Waals surface area contributed by atoms with Gasteiger partial charge in [-0.25, -0.2) is 4.98 Å². The molecule has 0 fully saturated rings. The molecule has 2 aromatic rings. The fraction of sp³-hybridized carbons (Fsp3) is 0.500. The molecular formula is C14H21N3. The van der Waals surface area contributed by atoms with Crippen LogP contribution < -0.4 is 5.73 Å². The highest BCUT2D eigenvalue weighted by Gasteiger charge is 2.14. The summed E-state index contributed by atoms with van der Waals surface area (Å²) in [4.78, 5) is 4.65. The maximum atomic E-state index is 6.17. The van der Waals surface area contributed by atoms with Crippen molar-refractivity contribution in [1.82, 2.24) is 9.55 Å². The Morgan fingerprint density at radius 1 is 1.29 bits per heavy atom. The quantitative estimate of drug-likeness (QED) is 0.879. The van der Waals surface area contributed by atoms with E-state index in [1.165, 1.54) is 5.52 Å². The monoisotopic (exact) mass is 231 g/mol. The first kappa shape index (κ1) is 12.1. The second-order valence-electron chi connectivity index (χ2n) is 4.89. The molecule has 1 atom stereocenters. The molecule has 0 spiro atoms. The first-order valence-electron chi connectivity index (χ1n) is 6.33. The van der Waals surface area contributed by atoms with E-state index < -0.39 is 0 Å². The minimum absolute atomic E-state index is 0.179. The standard InChI is InChI=1S/C14H21N3/c1-4-14-16-12-7-5-6-8-13(12)17(14)9-11(15)10(2)3/h5-8,10-11H,4,9,15H2,1-3H3. The number of imidazole rings is 1. The lowest BCUT2D eigenvalue weighted by atomic mass is 10.1. The average Bonchev–Trinajstić information content (AvgIpc) is 2.67. The smallest absolute Gasteiger partial charge is 0.109 e. The minimum Gasteiger partial charge on any atom is -0.326 e. The third-order valence-electron chi connectivity index (χ3n) is 3.30. The second-order valence-corrected chi connectivity index (χ2v) is 4.89. The highest BCUT2D eigenvalue weighted by atomic mass is 15.1. The molecule has 1 unspecified atom stereocenters. The van der Waals surface area contributed by atoms with E-state index >= 15 is 0 Å². The molecule has 0 saturated heterocycles. The average molecular weight is 231 g/mol. The van der Waals surface area contributed by atoms with E-state index in [0.29, 0.717) is 5.92 Å². The first-order valence-corrected chi connectivity index (χ1v) is 6.33. The van der Waals surface area contributed by atoms with Gasteiger partial charge in [0.05, 0.1) is 11.0 Å². The molecule has 0 aliphatic carbocycles. The van der Waals surface area contributed by atoms with Gasteiger partial charge in [-0.05, 0) is 18.1 Å². The van der Waals surface area contributed by atoms with E-state index in [-0.39, 0.29) is 6.04 Å². The van der Waals surface area contributed by atoms with Gasteiger partial charge in [0.15, 0.2) is 0 Å². The lowest BCUT2D eigenvalue weighted by Gasteiger charge is -2.18. The maximum absolute atomic E-state index is 6.17. The fourth-order valence-corrected chi connectivity index (χ4v) is 2.02. The summed E-state index contributed by atoms with van der Waals surface area (Å²) in [5.74, 6) is 1.61. The molecule has 2 rings (SSSR count). The van der Waals surface area contributed by atoms with Gasteiger partial charge in [0, 0.05) is 19.0 Å². The number of aromatic nitrogens is 2. The molecule has 2 N–H and O–H groups in total. The van der Waals surface area contributed by atoms with Crippen molar-refractivity contribution in [2.24, 2.45) is 11.7 Å². The Morgan fingerprint density at radius 3 is 2.65 bits per heavy atom. The van der Waals surface area contributed by atoms with Crippen LogP contribution in [0.25, 0.3) is 11.0 Å². The SMILES string of the molecule is CCc1nc2ccccc2n1CC(N)C(C)C. The molecule has 3 heteroatoms. The van der Waals surface area contributed by atoms with Crippen LogP contribution in [-0.2, 0) is 13.0 Å². The van der Waals surface area contributed by atoms with Crippen LogP contribution in [-0.4, -0.2) is 15.6 Å². The van der Waals surface area contributed by atoms with Gasteiger partial charge in [-0.2, -0.15) is 0 Å². The fourth-order valence-electron chi connectivity index (χ4n) is 2.02. The highest BCUT2D eigenvalue weighted by Crippen LogP contribution is 2.17. The summed E-state index contributed by atoms with van der Waals surface area (Å²) in [5, 5.41) is 0. The molecule has 1 heterocycles. The van der Waals surface area contributed by atoms with Crippen molar-refractivity contribution >= 4 is 11.0 Å². The van der Waals surface area contributed by atoms with Crippen LogP contribution in [0.15, 0.2) is 24.3 Å². The molecule has 17 heavy (non-hydrogen) atoms. The van der Waals surface area contributed by atoms with E-state index in [9.17, 15) is 0 Å². The molecule has 0 aliphatic rings. The van der Waals surface area contributed by atoms with E-state index in [4.69, 9.17) is 5.73 Å². The van der Waals surface area contributed by atoms with Gasteiger partial charge in [0.25, 0.3) is 0 Å². The van der Waals surface area contributed by atoms with E-state index in [1.54, 1.807) is 0 Å². The minimum atomic E-state index is 0.179. The molecule has 1 aromatic heterocycles. The number of hydrogen-bond donors (Lipinski definition) is 1. The second kappa shape index (κ2) is 4.88. The van der Waals surface area contributed by atoms with Crippen molar-refractivity contribution in [3.8, 4) is 0 Å². The Bertz CT molecular complexity index is 499. The van der Waals surface area contributed by atoms with Crippen molar-refractivity contribution in [2.75, 3.05) is 0 Å². The van der Waals surface area contributed by atoms with Crippen molar-refractivity contribution in [1.29, 1.82) is 0 Å². The van der Waals surface area contributed by atoms with Gasteiger partial charge in [0.1, 0.15) is 5.82 Å². The van der Waals surface area contributed by atoms with Crippen molar-refractivity contribution < 1.29 is 0 Å². The Balaban J connectivity index is 2.43. The molecule has 0 amide bonds. The molecule has 0 saturated carbocycles. The summed E-state index contributed by atoms with van der Waals surface area (Å²) in [6.45, 7) is 7.31. The molecule has 1 aromatic carbocycles. The largest absolute Gasteiger partial charge is 0.326 e. The predicted molar refractivity (Wildman–Crippen MR) is 71.9 cm³/mol. The van der Waals surface area contributed by atoms with Crippen LogP contribution in [0.5, 0.6) is 0 Å². The van der Waals surface area contributed by atoms with Gasteiger partial charge in [-0.15, -0.1) is 0 Å². The van der Waals surface area contributed by atoms with Crippen LogP contribution in [0, 0.1) is 5.92 Å². The van der Waals surface area contributed by atoms with Gasteiger partial charge < -0.3 is 10.3 Å². The number of benzene rings is 1. The van der Waals surface area contributed by atoms with Crippen LogP contribution >= 0.6 is 0 Å². The number of nitrogens with zero attached hydrogens (tertiary/aromatic N) is 2. The lowest BCUT2D eigenvalue weighted by Crippen LogP contribution is -2.32. The number of aryl methyl sites for hydroxylation is 1. The van der Waals surface area contributed by atoms with Crippen LogP contribution in [0.2, 0.25) is 0 Å². The van der Waals surface area contributed by atoms with Crippen LogP contribution in [0.4, 0.5) is 0 Å². The van der Waals surface area contributed by atoms with Gasteiger partial charge >= 0.3 is 0 Å². The van der Waals surface area contributed by atoms with E-state index in [0.717, 1.165) is 24.3 Å². The van der Waals surface area contributed by atoms with Crippen molar-refractivity contribution in [2.45, 2.75) is 39.8 Å². The van der Waals surface area contributed by atoms with Gasteiger partial charge in [0.2, 0.25) is 0 Å². The highest BCUT2D eigenvalue weighted by molar-refractivity contribution is 5.75. The zero-order valence-corrected chi connectivity index (χ0v) is 10.9. The zero-order chi connectivity index (χ0) is 12.4. The maximum Gasteiger partial charge on any atom is 0.109 e. The topological polar surface area (TPSA) is 43.8 Å². The zero-order valence-electron chi connectivity index (χ0n) is 10.9. The van der Waals surface area contributed by atoms with Gasteiger partial charge in [-0.1, -0.05) is 32.9 Å². The summed E-state index contributed by atoms with van der Waals surface area (Å²) >= 11 is 0. The summed E-state index contributed by atoms with van der Waals surface area (Å²) in [6, 6.07) is 8.45. The molecule has 3 nitrogen and oxygen atoms in total. The number of para-hydroxylation sites is 2. The number of hydrogen-bond acceptors (Lipinski definition) is 2. The molecule has 0 aliphatic heterocycles. The Kier molecular flexibility index (Phi) is 3.48. The van der Waals surface area contributed by atoms with Crippen molar-refractivity contribution in [3.05, 3.63) is 30.1 Å². The predicted octanol–water partition coefficient (Wildman–Crippen LogP) is 2.58. The van der Waals surface area contributed by atoms with E-state index in [1.807, 2.05) is 6.07 Å².